The molecule has 1 aromatic rings. The zero-order valence-corrected chi connectivity index (χ0v) is 12.1. The molecule has 5 heteroatoms. The van der Waals surface area contributed by atoms with E-state index in [0.29, 0.717) is 17.2 Å². The Labute approximate surface area is 124 Å². The van der Waals surface area contributed by atoms with Crippen molar-refractivity contribution in [2.24, 2.45) is 5.92 Å². The number of benzene rings is 1. The number of likely N-dealkylation sites (tertiary alicyclic amines) is 1. The number of anilines is 1. The number of hydrogen-bond donors (Lipinski definition) is 1. The second-order valence-corrected chi connectivity index (χ2v) is 5.40. The summed E-state index contributed by atoms with van der Waals surface area (Å²) in [5.74, 6) is 0.194. The molecular weight excluding hydrogens is 266 g/mol. The van der Waals surface area contributed by atoms with Crippen LogP contribution in [0.4, 0.5) is 5.69 Å². The van der Waals surface area contributed by atoms with Crippen molar-refractivity contribution in [2.75, 3.05) is 18.4 Å². The number of rotatable bonds is 3. The first-order valence-corrected chi connectivity index (χ1v) is 7.17. The van der Waals surface area contributed by atoms with Gasteiger partial charge in [-0.3, -0.25) is 9.59 Å². The molecule has 1 aliphatic rings. The Morgan fingerprint density at radius 2 is 2.00 bits per heavy atom. The van der Waals surface area contributed by atoms with Gasteiger partial charge in [0.1, 0.15) is 6.42 Å². The molecule has 2 amide bonds. The minimum Gasteiger partial charge on any atom is -0.339 e. The standard InChI is InChI=1S/C16H19N3O2/c1-12-7-10-19(11-8-12)16(21)13-4-2-3-5-14(13)18-15(20)6-9-17/h2-5,12H,6-8,10-11H2,1H3,(H,18,20). The lowest BCUT2D eigenvalue weighted by Gasteiger charge is -2.30. The van der Waals surface area contributed by atoms with E-state index in [1.165, 1.54) is 0 Å². The first-order chi connectivity index (χ1) is 10.1. The Morgan fingerprint density at radius 1 is 1.33 bits per heavy atom. The highest BCUT2D eigenvalue weighted by Gasteiger charge is 2.23. The molecule has 0 saturated carbocycles. The predicted octanol–water partition coefficient (Wildman–Crippen LogP) is 2.41. The maximum absolute atomic E-state index is 12.6. The van der Waals surface area contributed by atoms with Gasteiger partial charge in [0.05, 0.1) is 17.3 Å². The van der Waals surface area contributed by atoms with Gasteiger partial charge in [-0.25, -0.2) is 0 Å². The number of nitrogens with zero attached hydrogens (tertiary/aromatic N) is 2. The number of carbonyl (C=O) groups excluding carboxylic acids is 2. The van der Waals surface area contributed by atoms with E-state index in [2.05, 4.69) is 12.2 Å². The topological polar surface area (TPSA) is 73.2 Å². The van der Waals surface area contributed by atoms with Crippen LogP contribution in [0.3, 0.4) is 0 Å². The van der Waals surface area contributed by atoms with E-state index in [-0.39, 0.29) is 12.3 Å². The fraction of sp³-hybridized carbons (Fsp3) is 0.438. The number of nitrogens with one attached hydrogen (secondary N) is 1. The van der Waals surface area contributed by atoms with Crippen LogP contribution in [0.1, 0.15) is 36.5 Å². The fourth-order valence-electron chi connectivity index (χ4n) is 2.43. The van der Waals surface area contributed by atoms with Crippen LogP contribution in [0.25, 0.3) is 0 Å². The van der Waals surface area contributed by atoms with Crippen molar-refractivity contribution in [3.63, 3.8) is 0 Å². The van der Waals surface area contributed by atoms with Gasteiger partial charge in [-0.05, 0) is 30.9 Å². The summed E-state index contributed by atoms with van der Waals surface area (Å²) < 4.78 is 0. The van der Waals surface area contributed by atoms with Crippen molar-refractivity contribution >= 4 is 17.5 Å². The Bertz CT molecular complexity index is 569. The number of amides is 2. The van der Waals surface area contributed by atoms with Gasteiger partial charge in [-0.1, -0.05) is 19.1 Å². The Balaban J connectivity index is 2.14. The van der Waals surface area contributed by atoms with Crippen LogP contribution in [-0.2, 0) is 4.79 Å². The van der Waals surface area contributed by atoms with Crippen LogP contribution in [-0.4, -0.2) is 29.8 Å². The van der Waals surface area contributed by atoms with Gasteiger partial charge >= 0.3 is 0 Å². The van der Waals surface area contributed by atoms with Crippen LogP contribution in [0.2, 0.25) is 0 Å². The Kier molecular flexibility index (Phi) is 4.94. The van der Waals surface area contributed by atoms with Crippen LogP contribution >= 0.6 is 0 Å². The van der Waals surface area contributed by atoms with Gasteiger partial charge in [0.25, 0.3) is 5.91 Å². The summed E-state index contributed by atoms with van der Waals surface area (Å²) in [6.07, 6.45) is 1.80. The molecule has 0 aliphatic carbocycles. The number of hydrogen-bond acceptors (Lipinski definition) is 3. The highest BCUT2D eigenvalue weighted by atomic mass is 16.2. The van der Waals surface area contributed by atoms with Crippen molar-refractivity contribution in [1.82, 2.24) is 4.90 Å². The van der Waals surface area contributed by atoms with E-state index in [0.717, 1.165) is 25.9 Å². The van der Waals surface area contributed by atoms with Crippen molar-refractivity contribution in [1.29, 1.82) is 5.26 Å². The number of para-hydroxylation sites is 1. The smallest absolute Gasteiger partial charge is 0.255 e. The second-order valence-electron chi connectivity index (χ2n) is 5.40. The summed E-state index contributed by atoms with van der Waals surface area (Å²) in [7, 11) is 0. The molecule has 0 atom stereocenters. The molecule has 0 spiro atoms. The molecule has 1 heterocycles. The van der Waals surface area contributed by atoms with Gasteiger partial charge in [0.2, 0.25) is 5.91 Å². The lowest BCUT2D eigenvalue weighted by molar-refractivity contribution is -0.115. The predicted molar refractivity (Wildman–Crippen MR) is 79.6 cm³/mol. The molecule has 1 N–H and O–H groups in total. The first kappa shape index (κ1) is 15.0. The average molecular weight is 285 g/mol. The third kappa shape index (κ3) is 3.82. The minimum atomic E-state index is -0.398. The molecular formula is C16H19N3O2. The maximum Gasteiger partial charge on any atom is 0.255 e. The van der Waals surface area contributed by atoms with E-state index < -0.39 is 5.91 Å². The molecule has 1 saturated heterocycles. The van der Waals surface area contributed by atoms with Crippen LogP contribution in [0.5, 0.6) is 0 Å². The van der Waals surface area contributed by atoms with E-state index in [1.807, 2.05) is 4.90 Å². The summed E-state index contributed by atoms with van der Waals surface area (Å²) in [6.45, 7) is 3.69. The second kappa shape index (κ2) is 6.89. The summed E-state index contributed by atoms with van der Waals surface area (Å²) in [5, 5.41) is 11.2. The van der Waals surface area contributed by atoms with Crippen LogP contribution < -0.4 is 5.32 Å². The van der Waals surface area contributed by atoms with Gasteiger partial charge in [-0.15, -0.1) is 0 Å². The van der Waals surface area contributed by atoms with Gasteiger partial charge in [0, 0.05) is 13.1 Å². The molecule has 0 radical (unpaired) electrons. The molecule has 110 valence electrons. The normalized spacial score (nSPS) is 15.3. The molecule has 2 rings (SSSR count). The highest BCUT2D eigenvalue weighted by molar-refractivity contribution is 6.04. The molecule has 5 nitrogen and oxygen atoms in total. The van der Waals surface area contributed by atoms with Crippen LogP contribution in [0, 0.1) is 17.2 Å². The Morgan fingerprint density at radius 3 is 2.67 bits per heavy atom. The van der Waals surface area contributed by atoms with E-state index >= 15 is 0 Å². The van der Waals surface area contributed by atoms with Gasteiger partial charge in [-0.2, -0.15) is 5.26 Å². The summed E-state index contributed by atoms with van der Waals surface area (Å²) in [6, 6.07) is 8.74. The zero-order chi connectivity index (χ0) is 15.2. The minimum absolute atomic E-state index is 0.0604. The van der Waals surface area contributed by atoms with E-state index in [1.54, 1.807) is 30.3 Å². The van der Waals surface area contributed by atoms with Crippen molar-refractivity contribution in [2.45, 2.75) is 26.2 Å². The van der Waals surface area contributed by atoms with E-state index in [4.69, 9.17) is 5.26 Å². The molecule has 1 fully saturated rings. The van der Waals surface area contributed by atoms with Crippen molar-refractivity contribution in [3.8, 4) is 6.07 Å². The van der Waals surface area contributed by atoms with Crippen LogP contribution in [0.15, 0.2) is 24.3 Å². The SMILES string of the molecule is CC1CCN(C(=O)c2ccccc2NC(=O)CC#N)CC1. The fourth-order valence-corrected chi connectivity index (χ4v) is 2.43. The van der Waals surface area contributed by atoms with Crippen molar-refractivity contribution in [3.05, 3.63) is 29.8 Å². The monoisotopic (exact) mass is 285 g/mol. The number of piperidine rings is 1. The largest absolute Gasteiger partial charge is 0.339 e. The Hall–Kier alpha value is -2.35. The first-order valence-electron chi connectivity index (χ1n) is 7.17. The van der Waals surface area contributed by atoms with Crippen molar-refractivity contribution < 1.29 is 9.59 Å². The molecule has 1 aliphatic heterocycles. The lowest BCUT2D eigenvalue weighted by Crippen LogP contribution is -2.38. The third-order valence-electron chi connectivity index (χ3n) is 3.74. The summed E-state index contributed by atoms with van der Waals surface area (Å²) in [4.78, 5) is 26.0. The third-order valence-corrected chi connectivity index (χ3v) is 3.74. The molecule has 21 heavy (non-hydrogen) atoms. The number of nitriles is 1. The molecule has 1 aromatic carbocycles. The average Bonchev–Trinajstić information content (AvgIpc) is 2.48. The number of carbonyl (C=O) groups is 2. The summed E-state index contributed by atoms with van der Waals surface area (Å²) in [5.41, 5.74) is 0.958. The van der Waals surface area contributed by atoms with E-state index in [9.17, 15) is 9.59 Å². The maximum atomic E-state index is 12.6. The van der Waals surface area contributed by atoms with Gasteiger partial charge < -0.3 is 10.2 Å². The lowest BCUT2D eigenvalue weighted by atomic mass is 9.98. The quantitative estimate of drug-likeness (QED) is 0.926. The highest BCUT2D eigenvalue weighted by Crippen LogP contribution is 2.22. The zero-order valence-electron chi connectivity index (χ0n) is 12.1. The summed E-state index contributed by atoms with van der Waals surface area (Å²) >= 11 is 0. The molecule has 0 aromatic heterocycles. The molecule has 0 bridgehead atoms. The molecule has 0 unspecified atom stereocenters. The van der Waals surface area contributed by atoms with Gasteiger partial charge in [0.15, 0.2) is 0 Å².